The first-order valence-corrected chi connectivity index (χ1v) is 12.3. The fourth-order valence-electron chi connectivity index (χ4n) is 6.17. The standard InChI is InChI=1S/C25H33N5O4/c1-2-15-6-5-7-16(10-15)27-24(34)19-11-25(14-31)12-20(25)30(19)21(32)13-29-18-9-4-3-8-17(18)22(28-29)23(26)33/h3-4,8-9,15-16,19-20,31H,2,5-7,10-14H2,1H3,(H2,26,33)(H,27,34)/t15-,16-,19+,20-,25+/m1/s1. The largest absolute Gasteiger partial charge is 0.396 e. The van der Waals surface area contributed by atoms with Crippen molar-refractivity contribution in [1.29, 1.82) is 0 Å². The Bertz CT molecular complexity index is 1130. The number of hydrogen-bond donors (Lipinski definition) is 3. The van der Waals surface area contributed by atoms with Crippen molar-refractivity contribution in [3.8, 4) is 0 Å². The van der Waals surface area contributed by atoms with Gasteiger partial charge >= 0.3 is 0 Å². The van der Waals surface area contributed by atoms with Crippen LogP contribution < -0.4 is 11.1 Å². The Morgan fingerprint density at radius 1 is 1.24 bits per heavy atom. The van der Waals surface area contributed by atoms with E-state index >= 15 is 0 Å². The van der Waals surface area contributed by atoms with Gasteiger partial charge in [-0.15, -0.1) is 0 Å². The molecule has 3 amide bonds. The number of rotatable bonds is 7. The maximum absolute atomic E-state index is 13.5. The van der Waals surface area contributed by atoms with E-state index in [0.717, 1.165) is 25.7 Å². The average molecular weight is 468 g/mol. The molecule has 9 heteroatoms. The summed E-state index contributed by atoms with van der Waals surface area (Å²) < 4.78 is 1.49. The summed E-state index contributed by atoms with van der Waals surface area (Å²) in [7, 11) is 0. The molecule has 0 radical (unpaired) electrons. The lowest BCUT2D eigenvalue weighted by Crippen LogP contribution is -2.51. The highest BCUT2D eigenvalue weighted by molar-refractivity contribution is 6.04. The Hall–Kier alpha value is -2.94. The first kappa shape index (κ1) is 22.8. The number of nitrogens with two attached hydrogens (primary N) is 1. The minimum atomic E-state index is -0.653. The lowest BCUT2D eigenvalue weighted by molar-refractivity contribution is -0.140. The monoisotopic (exact) mass is 467 g/mol. The first-order chi connectivity index (χ1) is 16.4. The van der Waals surface area contributed by atoms with Crippen molar-refractivity contribution >= 4 is 28.6 Å². The molecule has 1 saturated heterocycles. The van der Waals surface area contributed by atoms with Gasteiger partial charge in [-0.05, 0) is 37.7 Å². The Morgan fingerprint density at radius 3 is 2.76 bits per heavy atom. The molecule has 0 spiro atoms. The molecule has 2 saturated carbocycles. The van der Waals surface area contributed by atoms with Gasteiger partial charge in [0.2, 0.25) is 11.8 Å². The van der Waals surface area contributed by atoms with Crippen molar-refractivity contribution < 1.29 is 19.5 Å². The number of para-hydroxylation sites is 1. The number of carbonyl (C=O) groups is 3. The molecular weight excluding hydrogens is 434 g/mol. The van der Waals surface area contributed by atoms with Gasteiger partial charge in [0, 0.05) is 22.9 Å². The van der Waals surface area contributed by atoms with E-state index < -0.39 is 11.9 Å². The van der Waals surface area contributed by atoms with Crippen molar-refractivity contribution in [2.24, 2.45) is 17.1 Å². The van der Waals surface area contributed by atoms with Gasteiger partial charge in [-0.1, -0.05) is 44.4 Å². The molecule has 9 nitrogen and oxygen atoms in total. The van der Waals surface area contributed by atoms with Crippen LogP contribution in [-0.4, -0.2) is 62.2 Å². The normalized spacial score (nSPS) is 30.2. The van der Waals surface area contributed by atoms with E-state index in [0.29, 0.717) is 29.7 Å². The van der Waals surface area contributed by atoms with Crippen LogP contribution in [0.15, 0.2) is 24.3 Å². The number of carbonyl (C=O) groups excluding carboxylic acids is 3. The zero-order chi connectivity index (χ0) is 24.0. The third kappa shape index (κ3) is 3.85. The first-order valence-electron chi connectivity index (χ1n) is 12.3. The van der Waals surface area contributed by atoms with Gasteiger partial charge in [-0.25, -0.2) is 0 Å². The number of piperidine rings is 1. The Morgan fingerprint density at radius 2 is 2.03 bits per heavy atom. The van der Waals surface area contributed by atoms with E-state index in [4.69, 9.17) is 5.73 Å². The zero-order valence-electron chi connectivity index (χ0n) is 19.6. The number of amides is 3. The predicted octanol–water partition coefficient (Wildman–Crippen LogP) is 1.57. The number of fused-ring (bicyclic) bond motifs is 2. The molecule has 1 aromatic heterocycles. The van der Waals surface area contributed by atoms with E-state index in [2.05, 4.69) is 17.3 Å². The Kier molecular flexibility index (Phi) is 5.83. The van der Waals surface area contributed by atoms with Crippen LogP contribution >= 0.6 is 0 Å². The zero-order valence-corrected chi connectivity index (χ0v) is 19.6. The molecule has 34 heavy (non-hydrogen) atoms. The van der Waals surface area contributed by atoms with Crippen molar-refractivity contribution in [2.45, 2.75) is 76.5 Å². The second-order valence-electron chi connectivity index (χ2n) is 10.3. The van der Waals surface area contributed by atoms with Crippen molar-refractivity contribution in [3.63, 3.8) is 0 Å². The number of primary amides is 1. The van der Waals surface area contributed by atoms with Crippen LogP contribution in [0.4, 0.5) is 0 Å². The van der Waals surface area contributed by atoms with E-state index in [1.807, 2.05) is 6.07 Å². The summed E-state index contributed by atoms with van der Waals surface area (Å²) in [5.41, 5.74) is 5.87. The number of likely N-dealkylation sites (tertiary alicyclic amines) is 1. The molecule has 2 aromatic rings. The number of aromatic nitrogens is 2. The number of nitrogens with zero attached hydrogens (tertiary/aromatic N) is 3. The lowest BCUT2D eigenvalue weighted by Gasteiger charge is -2.32. The van der Waals surface area contributed by atoms with Crippen LogP contribution in [0.3, 0.4) is 0 Å². The summed E-state index contributed by atoms with van der Waals surface area (Å²) in [6, 6.07) is 6.54. The smallest absolute Gasteiger partial charge is 0.269 e. The van der Waals surface area contributed by atoms with Crippen LogP contribution in [0, 0.1) is 11.3 Å². The molecule has 0 unspecified atom stereocenters. The van der Waals surface area contributed by atoms with Gasteiger partial charge < -0.3 is 21.1 Å². The Labute approximate surface area is 198 Å². The van der Waals surface area contributed by atoms with Crippen molar-refractivity contribution in [1.82, 2.24) is 20.0 Å². The number of hydrogen-bond acceptors (Lipinski definition) is 5. The van der Waals surface area contributed by atoms with E-state index in [1.165, 1.54) is 11.1 Å². The summed E-state index contributed by atoms with van der Waals surface area (Å²) in [4.78, 5) is 40.4. The molecule has 3 aliphatic rings. The third-order valence-electron chi connectivity index (χ3n) is 8.21. The van der Waals surface area contributed by atoms with Gasteiger partial charge in [-0.3, -0.25) is 19.1 Å². The summed E-state index contributed by atoms with van der Waals surface area (Å²) in [5, 5.41) is 18.1. The number of nitrogens with one attached hydrogen (secondary N) is 1. The van der Waals surface area contributed by atoms with Crippen LogP contribution in [-0.2, 0) is 16.1 Å². The maximum Gasteiger partial charge on any atom is 0.269 e. The molecule has 182 valence electrons. The van der Waals surface area contributed by atoms with Crippen molar-refractivity contribution in [2.75, 3.05) is 6.61 Å². The van der Waals surface area contributed by atoms with Crippen LogP contribution in [0.25, 0.3) is 10.9 Å². The van der Waals surface area contributed by atoms with Gasteiger partial charge in [0.15, 0.2) is 5.69 Å². The molecule has 5 rings (SSSR count). The van der Waals surface area contributed by atoms with Gasteiger partial charge in [0.1, 0.15) is 12.6 Å². The predicted molar refractivity (Wildman–Crippen MR) is 126 cm³/mol. The molecule has 5 atom stereocenters. The number of aliphatic hydroxyl groups excluding tert-OH is 1. The molecule has 1 aliphatic heterocycles. The summed E-state index contributed by atoms with van der Waals surface area (Å²) >= 11 is 0. The van der Waals surface area contributed by atoms with Crippen LogP contribution in [0.1, 0.15) is 62.4 Å². The summed E-state index contributed by atoms with van der Waals surface area (Å²) in [5.74, 6) is -0.388. The Balaban J connectivity index is 1.36. The van der Waals surface area contributed by atoms with Crippen molar-refractivity contribution in [3.05, 3.63) is 30.0 Å². The maximum atomic E-state index is 13.5. The number of benzene rings is 1. The van der Waals surface area contributed by atoms with Crippen LogP contribution in [0.5, 0.6) is 0 Å². The highest BCUT2D eigenvalue weighted by Crippen LogP contribution is 2.59. The van der Waals surface area contributed by atoms with E-state index in [9.17, 15) is 19.5 Å². The SMILES string of the molecule is CC[C@@H]1CCC[C@@H](NC(=O)[C@@H]2C[C@@]3(CO)C[C@H]3N2C(=O)Cn2nc(C(N)=O)c3ccccc32)C1. The fourth-order valence-corrected chi connectivity index (χ4v) is 6.17. The second-order valence-corrected chi connectivity index (χ2v) is 10.3. The quantitative estimate of drug-likeness (QED) is 0.569. The topological polar surface area (TPSA) is 131 Å². The van der Waals surface area contributed by atoms with Gasteiger partial charge in [0.25, 0.3) is 5.91 Å². The molecule has 2 aliphatic carbocycles. The molecule has 0 bridgehead atoms. The fraction of sp³-hybridized carbons (Fsp3) is 0.600. The minimum absolute atomic E-state index is 0.0386. The summed E-state index contributed by atoms with van der Waals surface area (Å²) in [6.45, 7) is 2.05. The minimum Gasteiger partial charge on any atom is -0.396 e. The van der Waals surface area contributed by atoms with E-state index in [-0.39, 0.29) is 48.2 Å². The third-order valence-corrected chi connectivity index (χ3v) is 8.21. The lowest BCUT2D eigenvalue weighted by atomic mass is 9.84. The molecular formula is C25H33N5O4. The molecule has 1 aromatic carbocycles. The van der Waals surface area contributed by atoms with Crippen LogP contribution in [0.2, 0.25) is 0 Å². The highest BCUT2D eigenvalue weighted by Gasteiger charge is 2.66. The van der Waals surface area contributed by atoms with E-state index in [1.54, 1.807) is 23.1 Å². The average Bonchev–Trinajstić information content (AvgIpc) is 3.26. The molecule has 2 heterocycles. The summed E-state index contributed by atoms with van der Waals surface area (Å²) in [6.07, 6.45) is 6.54. The second kappa shape index (κ2) is 8.69. The highest BCUT2D eigenvalue weighted by atomic mass is 16.3. The van der Waals surface area contributed by atoms with Gasteiger partial charge in [-0.2, -0.15) is 5.10 Å². The molecule has 3 fully saturated rings. The number of aliphatic hydroxyl groups is 1. The van der Waals surface area contributed by atoms with Gasteiger partial charge in [0.05, 0.1) is 12.1 Å². The molecule has 4 N–H and O–H groups in total.